The van der Waals surface area contributed by atoms with Gasteiger partial charge in [0.1, 0.15) is 17.6 Å². The quantitative estimate of drug-likeness (QED) is 0.713. The fourth-order valence-electron chi connectivity index (χ4n) is 2.67. The van der Waals surface area contributed by atoms with Gasteiger partial charge in [-0.3, -0.25) is 9.59 Å². The summed E-state index contributed by atoms with van der Waals surface area (Å²) in [4.78, 5) is 24.7. The van der Waals surface area contributed by atoms with Gasteiger partial charge in [-0.25, -0.2) is 9.07 Å². The molecule has 1 atom stereocenters. The maximum absolute atomic E-state index is 13.0. The van der Waals surface area contributed by atoms with Crippen LogP contribution in [0.5, 0.6) is 5.75 Å². The predicted molar refractivity (Wildman–Crippen MR) is 103 cm³/mol. The van der Waals surface area contributed by atoms with Crippen LogP contribution in [0.2, 0.25) is 0 Å². The molecular weight excluding hydrogens is 361 g/mol. The van der Waals surface area contributed by atoms with Crippen molar-refractivity contribution in [3.63, 3.8) is 0 Å². The third-order valence-electron chi connectivity index (χ3n) is 4.34. The Morgan fingerprint density at radius 2 is 1.79 bits per heavy atom. The van der Waals surface area contributed by atoms with Gasteiger partial charge in [0.25, 0.3) is 5.56 Å². The van der Waals surface area contributed by atoms with Crippen molar-refractivity contribution in [2.45, 2.75) is 19.5 Å². The Morgan fingerprint density at radius 3 is 2.43 bits per heavy atom. The van der Waals surface area contributed by atoms with E-state index < -0.39 is 6.04 Å². The molecule has 3 aromatic rings. The highest BCUT2D eigenvalue weighted by atomic mass is 19.1. The fraction of sp³-hybridized carbons (Fsp3) is 0.190. The van der Waals surface area contributed by atoms with Crippen molar-refractivity contribution in [2.24, 2.45) is 0 Å². The third-order valence-corrected chi connectivity index (χ3v) is 4.34. The summed E-state index contributed by atoms with van der Waals surface area (Å²) in [7, 11) is 1.58. The minimum absolute atomic E-state index is 0.233. The van der Waals surface area contributed by atoms with E-state index in [1.165, 1.54) is 18.2 Å². The second-order valence-electron chi connectivity index (χ2n) is 6.25. The Labute approximate surface area is 161 Å². The molecule has 28 heavy (non-hydrogen) atoms. The van der Waals surface area contributed by atoms with E-state index in [0.717, 1.165) is 15.8 Å². The number of carbonyl (C=O) groups is 1. The summed E-state index contributed by atoms with van der Waals surface area (Å²) in [6.45, 7) is 1.84. The molecule has 0 saturated carbocycles. The van der Waals surface area contributed by atoms with E-state index in [9.17, 15) is 14.0 Å². The first kappa shape index (κ1) is 19.3. The molecule has 6 nitrogen and oxygen atoms in total. The van der Waals surface area contributed by atoms with E-state index in [0.29, 0.717) is 11.4 Å². The molecule has 144 valence electrons. The Hall–Kier alpha value is -3.48. The van der Waals surface area contributed by atoms with Gasteiger partial charge in [-0.1, -0.05) is 12.1 Å². The number of rotatable bonds is 6. The van der Waals surface area contributed by atoms with Gasteiger partial charge < -0.3 is 10.1 Å². The SMILES string of the molecule is COc1ccc(-c2ccc(=O)n(C(C)C(=O)NCc3ccc(F)cc3)n2)cc1. The van der Waals surface area contributed by atoms with Crippen molar-refractivity contribution >= 4 is 5.91 Å². The van der Waals surface area contributed by atoms with Crippen LogP contribution in [0.1, 0.15) is 18.5 Å². The normalized spacial score (nSPS) is 11.7. The van der Waals surface area contributed by atoms with Crippen LogP contribution in [-0.4, -0.2) is 22.8 Å². The number of nitrogens with one attached hydrogen (secondary N) is 1. The Morgan fingerprint density at radius 1 is 1.11 bits per heavy atom. The maximum Gasteiger partial charge on any atom is 0.267 e. The second-order valence-corrected chi connectivity index (χ2v) is 6.25. The highest BCUT2D eigenvalue weighted by Crippen LogP contribution is 2.20. The first-order valence-electron chi connectivity index (χ1n) is 8.74. The van der Waals surface area contributed by atoms with Crippen LogP contribution < -0.4 is 15.6 Å². The van der Waals surface area contributed by atoms with Crippen LogP contribution in [0.3, 0.4) is 0 Å². The summed E-state index contributed by atoms with van der Waals surface area (Å²) in [5.74, 6) is 0.0194. The number of aromatic nitrogens is 2. The summed E-state index contributed by atoms with van der Waals surface area (Å²) < 4.78 is 19.2. The van der Waals surface area contributed by atoms with Crippen LogP contribution in [0.15, 0.2) is 65.5 Å². The van der Waals surface area contributed by atoms with Gasteiger partial charge >= 0.3 is 0 Å². The van der Waals surface area contributed by atoms with Gasteiger partial charge in [-0.2, -0.15) is 5.10 Å². The van der Waals surface area contributed by atoms with Gasteiger partial charge in [0.05, 0.1) is 12.8 Å². The number of hydrogen-bond donors (Lipinski definition) is 1. The molecule has 0 saturated heterocycles. The molecular formula is C21H20FN3O3. The molecule has 0 aliphatic carbocycles. The third kappa shape index (κ3) is 4.43. The summed E-state index contributed by atoms with van der Waals surface area (Å²) >= 11 is 0. The molecule has 0 bridgehead atoms. The minimum atomic E-state index is -0.800. The van der Waals surface area contributed by atoms with Crippen molar-refractivity contribution in [1.29, 1.82) is 0 Å². The van der Waals surface area contributed by atoms with Crippen molar-refractivity contribution in [3.8, 4) is 17.0 Å². The summed E-state index contributed by atoms with van der Waals surface area (Å²) in [5.41, 5.74) is 1.75. The van der Waals surface area contributed by atoms with Crippen molar-refractivity contribution in [1.82, 2.24) is 15.1 Å². The number of carbonyl (C=O) groups excluding carboxylic acids is 1. The lowest BCUT2D eigenvalue weighted by Crippen LogP contribution is -2.36. The van der Waals surface area contributed by atoms with E-state index in [1.54, 1.807) is 44.4 Å². The number of methoxy groups -OCH3 is 1. The van der Waals surface area contributed by atoms with Crippen LogP contribution in [-0.2, 0) is 11.3 Å². The zero-order chi connectivity index (χ0) is 20.1. The van der Waals surface area contributed by atoms with E-state index >= 15 is 0 Å². The van der Waals surface area contributed by atoms with Crippen LogP contribution >= 0.6 is 0 Å². The molecule has 1 N–H and O–H groups in total. The lowest BCUT2D eigenvalue weighted by Gasteiger charge is -2.15. The predicted octanol–water partition coefficient (Wildman–Crippen LogP) is 2.94. The monoisotopic (exact) mass is 381 g/mol. The van der Waals surface area contributed by atoms with Gasteiger partial charge in [0.15, 0.2) is 0 Å². The molecule has 2 aromatic carbocycles. The van der Waals surface area contributed by atoms with Gasteiger partial charge in [0.2, 0.25) is 5.91 Å². The second kappa shape index (κ2) is 8.47. The van der Waals surface area contributed by atoms with Crippen LogP contribution in [0, 0.1) is 5.82 Å². The Bertz CT molecular complexity index is 1010. The van der Waals surface area contributed by atoms with E-state index in [1.807, 2.05) is 12.1 Å². The molecule has 1 heterocycles. The van der Waals surface area contributed by atoms with Gasteiger partial charge in [-0.05, 0) is 55.0 Å². The summed E-state index contributed by atoms with van der Waals surface area (Å²) in [6, 6.07) is 15.3. The lowest BCUT2D eigenvalue weighted by molar-refractivity contribution is -0.124. The number of benzene rings is 2. The molecule has 7 heteroatoms. The molecule has 0 spiro atoms. The van der Waals surface area contributed by atoms with Gasteiger partial charge in [0, 0.05) is 18.2 Å². The topological polar surface area (TPSA) is 73.2 Å². The molecule has 1 amide bonds. The number of amides is 1. The largest absolute Gasteiger partial charge is 0.497 e. The highest BCUT2D eigenvalue weighted by molar-refractivity contribution is 5.79. The Balaban J connectivity index is 1.76. The number of hydrogen-bond acceptors (Lipinski definition) is 4. The molecule has 3 rings (SSSR count). The molecule has 1 aromatic heterocycles. The van der Waals surface area contributed by atoms with Crippen molar-refractivity contribution in [2.75, 3.05) is 7.11 Å². The Kier molecular flexibility index (Phi) is 5.84. The smallest absolute Gasteiger partial charge is 0.267 e. The summed E-state index contributed by atoms with van der Waals surface area (Å²) in [6.07, 6.45) is 0. The molecule has 0 fully saturated rings. The van der Waals surface area contributed by atoms with Crippen molar-refractivity contribution in [3.05, 3.63) is 82.4 Å². The lowest BCUT2D eigenvalue weighted by atomic mass is 10.1. The van der Waals surface area contributed by atoms with Crippen LogP contribution in [0.25, 0.3) is 11.3 Å². The minimum Gasteiger partial charge on any atom is -0.497 e. The maximum atomic E-state index is 13.0. The summed E-state index contributed by atoms with van der Waals surface area (Å²) in [5, 5.41) is 7.08. The van der Waals surface area contributed by atoms with Crippen LogP contribution in [0.4, 0.5) is 4.39 Å². The van der Waals surface area contributed by atoms with Crippen molar-refractivity contribution < 1.29 is 13.9 Å². The standard InChI is InChI=1S/C21H20FN3O3/c1-14(21(27)23-13-15-3-7-17(22)8-4-15)25-20(26)12-11-19(24-25)16-5-9-18(28-2)10-6-16/h3-12,14H,13H2,1-2H3,(H,23,27). The van der Waals surface area contributed by atoms with E-state index in [4.69, 9.17) is 4.74 Å². The molecule has 0 radical (unpaired) electrons. The van der Waals surface area contributed by atoms with Gasteiger partial charge in [-0.15, -0.1) is 0 Å². The zero-order valence-corrected chi connectivity index (χ0v) is 15.6. The number of ether oxygens (including phenoxy) is 1. The van der Waals surface area contributed by atoms with E-state index in [2.05, 4.69) is 10.4 Å². The first-order valence-corrected chi connectivity index (χ1v) is 8.74. The highest BCUT2D eigenvalue weighted by Gasteiger charge is 2.18. The number of nitrogens with zero attached hydrogens (tertiary/aromatic N) is 2. The molecule has 0 aliphatic rings. The first-order chi connectivity index (χ1) is 13.5. The molecule has 1 unspecified atom stereocenters. The zero-order valence-electron chi connectivity index (χ0n) is 15.6. The molecule has 0 aliphatic heterocycles. The average molecular weight is 381 g/mol. The fourth-order valence-corrected chi connectivity index (χ4v) is 2.67. The average Bonchev–Trinajstić information content (AvgIpc) is 2.73. The van der Waals surface area contributed by atoms with E-state index in [-0.39, 0.29) is 23.8 Å². The number of halogens is 1.